The van der Waals surface area contributed by atoms with Crippen molar-refractivity contribution in [3.63, 3.8) is 0 Å². The standard InChI is InChI=1S/C22H22N4OS2/c1-15(2)16-7-9-17(10-8-16)21-24-18(12-28-21)13-29-22-25-23-14-26(22)19-5-4-6-20(11-19)27-3/h4-12,14-15H,13H2,1-3H3. The molecular formula is C22H22N4OS2. The van der Waals surface area contributed by atoms with Crippen molar-refractivity contribution in [1.29, 1.82) is 0 Å². The van der Waals surface area contributed by atoms with Crippen molar-refractivity contribution in [3.05, 3.63) is 71.5 Å². The van der Waals surface area contributed by atoms with Gasteiger partial charge >= 0.3 is 0 Å². The smallest absolute Gasteiger partial charge is 0.195 e. The third-order valence-corrected chi connectivity index (χ3v) is 6.49. The van der Waals surface area contributed by atoms with Gasteiger partial charge in [0, 0.05) is 22.8 Å². The van der Waals surface area contributed by atoms with Crippen LogP contribution in [-0.2, 0) is 5.75 Å². The fraction of sp³-hybridized carbons (Fsp3) is 0.227. The van der Waals surface area contributed by atoms with E-state index in [0.717, 1.165) is 38.6 Å². The van der Waals surface area contributed by atoms with Gasteiger partial charge < -0.3 is 4.74 Å². The van der Waals surface area contributed by atoms with Crippen molar-refractivity contribution < 1.29 is 4.74 Å². The van der Waals surface area contributed by atoms with Gasteiger partial charge in [-0.1, -0.05) is 55.9 Å². The Morgan fingerprint density at radius 1 is 1.14 bits per heavy atom. The summed E-state index contributed by atoms with van der Waals surface area (Å²) in [6.07, 6.45) is 1.72. The topological polar surface area (TPSA) is 52.8 Å². The Balaban J connectivity index is 1.46. The highest BCUT2D eigenvalue weighted by Gasteiger charge is 2.11. The Morgan fingerprint density at radius 2 is 1.97 bits per heavy atom. The molecule has 0 aliphatic heterocycles. The quantitative estimate of drug-likeness (QED) is 0.352. The molecule has 148 valence electrons. The average Bonchev–Trinajstić information content (AvgIpc) is 3.42. The van der Waals surface area contributed by atoms with Crippen molar-refractivity contribution in [2.75, 3.05) is 7.11 Å². The number of nitrogens with zero attached hydrogens (tertiary/aromatic N) is 4. The highest BCUT2D eigenvalue weighted by Crippen LogP contribution is 2.29. The maximum atomic E-state index is 5.32. The molecule has 4 rings (SSSR count). The van der Waals surface area contributed by atoms with E-state index in [4.69, 9.17) is 9.72 Å². The molecule has 0 spiro atoms. The number of hydrogen-bond donors (Lipinski definition) is 0. The van der Waals surface area contributed by atoms with Gasteiger partial charge in [0.25, 0.3) is 0 Å². The van der Waals surface area contributed by atoms with Crippen molar-refractivity contribution in [2.45, 2.75) is 30.7 Å². The van der Waals surface area contributed by atoms with E-state index >= 15 is 0 Å². The lowest BCUT2D eigenvalue weighted by Gasteiger charge is -2.07. The first-order valence-corrected chi connectivity index (χ1v) is 11.2. The molecule has 7 heteroatoms. The summed E-state index contributed by atoms with van der Waals surface area (Å²) < 4.78 is 7.28. The van der Waals surface area contributed by atoms with Crippen molar-refractivity contribution in [1.82, 2.24) is 19.7 Å². The van der Waals surface area contributed by atoms with E-state index in [9.17, 15) is 0 Å². The minimum atomic E-state index is 0.536. The van der Waals surface area contributed by atoms with Gasteiger partial charge in [-0.15, -0.1) is 21.5 Å². The number of thiazole rings is 1. The SMILES string of the molecule is COc1cccc(-n2cnnc2SCc2csc(-c3ccc(C(C)C)cc3)n2)c1. The van der Waals surface area contributed by atoms with Gasteiger partial charge in [-0.05, 0) is 23.6 Å². The Morgan fingerprint density at radius 3 is 2.72 bits per heavy atom. The summed E-state index contributed by atoms with van der Waals surface area (Å²) in [6, 6.07) is 16.5. The number of thioether (sulfide) groups is 1. The highest BCUT2D eigenvalue weighted by atomic mass is 32.2. The molecule has 2 aromatic heterocycles. The van der Waals surface area contributed by atoms with E-state index in [1.807, 2.05) is 28.8 Å². The molecular weight excluding hydrogens is 400 g/mol. The van der Waals surface area contributed by atoms with E-state index in [0.29, 0.717) is 5.92 Å². The molecule has 0 saturated heterocycles. The Kier molecular flexibility index (Phi) is 5.97. The lowest BCUT2D eigenvalue weighted by atomic mass is 10.0. The molecule has 0 amide bonds. The molecule has 0 N–H and O–H groups in total. The lowest BCUT2D eigenvalue weighted by molar-refractivity contribution is 0.414. The van der Waals surface area contributed by atoms with Crippen LogP contribution in [0.25, 0.3) is 16.3 Å². The molecule has 2 aromatic carbocycles. The summed E-state index contributed by atoms with van der Waals surface area (Å²) in [5.74, 6) is 2.08. The first kappa shape index (κ1) is 19.7. The molecule has 2 heterocycles. The van der Waals surface area contributed by atoms with Crippen molar-refractivity contribution in [3.8, 4) is 22.0 Å². The monoisotopic (exact) mass is 422 g/mol. The minimum Gasteiger partial charge on any atom is -0.497 e. The van der Waals surface area contributed by atoms with Crippen LogP contribution < -0.4 is 4.74 Å². The van der Waals surface area contributed by atoms with Crippen LogP contribution in [0.1, 0.15) is 31.0 Å². The third kappa shape index (κ3) is 4.52. The van der Waals surface area contributed by atoms with E-state index in [-0.39, 0.29) is 0 Å². The zero-order valence-corrected chi connectivity index (χ0v) is 18.2. The van der Waals surface area contributed by atoms with Crippen LogP contribution in [0.4, 0.5) is 0 Å². The number of benzene rings is 2. The Bertz CT molecular complexity index is 1090. The predicted octanol–water partition coefficient (Wildman–Crippen LogP) is 5.82. The molecule has 5 nitrogen and oxygen atoms in total. The molecule has 0 aliphatic rings. The largest absolute Gasteiger partial charge is 0.497 e. The fourth-order valence-electron chi connectivity index (χ4n) is 2.92. The number of methoxy groups -OCH3 is 1. The summed E-state index contributed by atoms with van der Waals surface area (Å²) in [4.78, 5) is 4.80. The molecule has 0 radical (unpaired) electrons. The van der Waals surface area contributed by atoms with Gasteiger partial charge in [0.05, 0.1) is 18.5 Å². The number of hydrogen-bond acceptors (Lipinski definition) is 6. The maximum Gasteiger partial charge on any atom is 0.195 e. The van der Waals surface area contributed by atoms with E-state index in [1.54, 1.807) is 36.5 Å². The van der Waals surface area contributed by atoms with Gasteiger partial charge in [-0.3, -0.25) is 4.57 Å². The van der Waals surface area contributed by atoms with Gasteiger partial charge in [0.2, 0.25) is 0 Å². The van der Waals surface area contributed by atoms with Crippen molar-refractivity contribution >= 4 is 23.1 Å². The average molecular weight is 423 g/mol. The van der Waals surface area contributed by atoms with Crippen LogP contribution in [0.15, 0.2) is 65.4 Å². The molecule has 0 unspecified atom stereocenters. The van der Waals surface area contributed by atoms with Gasteiger partial charge in [-0.2, -0.15) is 0 Å². The molecule has 0 atom stereocenters. The zero-order valence-electron chi connectivity index (χ0n) is 16.6. The summed E-state index contributed by atoms with van der Waals surface area (Å²) >= 11 is 3.30. The maximum absolute atomic E-state index is 5.32. The highest BCUT2D eigenvalue weighted by molar-refractivity contribution is 7.98. The number of aromatic nitrogens is 4. The predicted molar refractivity (Wildman–Crippen MR) is 119 cm³/mol. The molecule has 0 bridgehead atoms. The van der Waals surface area contributed by atoms with Crippen LogP contribution in [0.2, 0.25) is 0 Å². The second kappa shape index (κ2) is 8.80. The summed E-state index contributed by atoms with van der Waals surface area (Å²) in [7, 11) is 1.66. The summed E-state index contributed by atoms with van der Waals surface area (Å²) in [5.41, 5.74) is 4.53. The normalized spacial score (nSPS) is 11.2. The minimum absolute atomic E-state index is 0.536. The molecule has 4 aromatic rings. The lowest BCUT2D eigenvalue weighted by Crippen LogP contribution is -1.96. The van der Waals surface area contributed by atoms with Crippen LogP contribution in [0.5, 0.6) is 5.75 Å². The number of rotatable bonds is 7. The summed E-state index contributed by atoms with van der Waals surface area (Å²) in [6.45, 7) is 4.41. The van der Waals surface area contributed by atoms with Gasteiger partial charge in [0.1, 0.15) is 17.1 Å². The van der Waals surface area contributed by atoms with Gasteiger partial charge in [-0.25, -0.2) is 4.98 Å². The van der Waals surface area contributed by atoms with Gasteiger partial charge in [0.15, 0.2) is 5.16 Å². The summed E-state index contributed by atoms with van der Waals surface area (Å²) in [5, 5.41) is 12.3. The molecule has 29 heavy (non-hydrogen) atoms. The molecule has 0 aliphatic carbocycles. The molecule has 0 fully saturated rings. The second-order valence-corrected chi connectivity index (χ2v) is 8.69. The first-order valence-electron chi connectivity index (χ1n) is 9.36. The Labute approximate surface area is 178 Å². The van der Waals surface area contributed by atoms with Crippen LogP contribution in [-0.4, -0.2) is 26.9 Å². The van der Waals surface area contributed by atoms with Crippen LogP contribution in [0, 0.1) is 0 Å². The van der Waals surface area contributed by atoms with E-state index < -0.39 is 0 Å². The van der Waals surface area contributed by atoms with Crippen LogP contribution >= 0.6 is 23.1 Å². The van der Waals surface area contributed by atoms with Crippen molar-refractivity contribution in [2.24, 2.45) is 0 Å². The fourth-order valence-corrected chi connectivity index (χ4v) is 4.67. The first-order chi connectivity index (χ1) is 14.1. The zero-order chi connectivity index (χ0) is 20.2. The van der Waals surface area contributed by atoms with E-state index in [1.165, 1.54) is 5.56 Å². The third-order valence-electron chi connectivity index (χ3n) is 4.57. The second-order valence-electron chi connectivity index (χ2n) is 6.89. The molecule has 0 saturated carbocycles. The van der Waals surface area contributed by atoms with E-state index in [2.05, 4.69) is 53.7 Å². The Hall–Kier alpha value is -2.64. The van der Waals surface area contributed by atoms with Crippen LogP contribution in [0.3, 0.4) is 0 Å². The number of ether oxygens (including phenoxy) is 1.